The van der Waals surface area contributed by atoms with Crippen molar-refractivity contribution in [3.8, 4) is 5.69 Å². The predicted molar refractivity (Wildman–Crippen MR) is 86.3 cm³/mol. The van der Waals surface area contributed by atoms with Crippen molar-refractivity contribution in [2.24, 2.45) is 5.41 Å². The molecule has 0 radical (unpaired) electrons. The van der Waals surface area contributed by atoms with Gasteiger partial charge in [0, 0.05) is 25.3 Å². The molecule has 0 unspecified atom stereocenters. The van der Waals surface area contributed by atoms with Gasteiger partial charge in [0.2, 0.25) is 0 Å². The minimum atomic E-state index is -0.0145. The van der Waals surface area contributed by atoms with Crippen LogP contribution in [0.3, 0.4) is 0 Å². The highest BCUT2D eigenvalue weighted by Crippen LogP contribution is 2.34. The summed E-state index contributed by atoms with van der Waals surface area (Å²) >= 11 is 0. The van der Waals surface area contributed by atoms with Crippen LogP contribution in [0.15, 0.2) is 36.9 Å². The van der Waals surface area contributed by atoms with E-state index in [9.17, 15) is 9.90 Å². The third-order valence-electron chi connectivity index (χ3n) is 4.97. The number of likely N-dealkylation sites (tertiary alicyclic amines) is 1. The summed E-state index contributed by atoms with van der Waals surface area (Å²) in [4.78, 5) is 18.5. The van der Waals surface area contributed by atoms with Crippen molar-refractivity contribution >= 4 is 5.91 Å². The Bertz CT molecular complexity index is 655. The van der Waals surface area contributed by atoms with Gasteiger partial charge in [-0.15, -0.1) is 0 Å². The number of aromatic nitrogens is 3. The highest BCUT2D eigenvalue weighted by atomic mass is 16.3. The number of carbonyl (C=O) groups is 1. The lowest BCUT2D eigenvalue weighted by molar-refractivity contribution is 0.0338. The number of benzene rings is 1. The monoisotopic (exact) mass is 314 g/mol. The second kappa shape index (κ2) is 6.50. The normalized spacial score (nSPS) is 17.2. The zero-order valence-electron chi connectivity index (χ0n) is 13.4. The summed E-state index contributed by atoms with van der Waals surface area (Å²) in [6, 6.07) is 7.43. The molecule has 1 saturated heterocycles. The Morgan fingerprint density at radius 2 is 2.13 bits per heavy atom. The topological polar surface area (TPSA) is 71.2 Å². The molecule has 6 heteroatoms. The van der Waals surface area contributed by atoms with E-state index in [0.717, 1.165) is 24.9 Å². The van der Waals surface area contributed by atoms with Gasteiger partial charge in [0.1, 0.15) is 12.7 Å². The first-order valence-corrected chi connectivity index (χ1v) is 8.03. The molecule has 0 spiro atoms. The Hall–Kier alpha value is -2.21. The lowest BCUT2D eigenvalue weighted by atomic mass is 9.77. The van der Waals surface area contributed by atoms with Crippen LogP contribution in [-0.4, -0.2) is 50.4 Å². The van der Waals surface area contributed by atoms with Gasteiger partial charge in [-0.05, 0) is 42.9 Å². The van der Waals surface area contributed by atoms with Crippen LogP contribution in [0.4, 0.5) is 0 Å². The van der Waals surface area contributed by atoms with Crippen LogP contribution in [0.1, 0.15) is 36.5 Å². The molecule has 1 fully saturated rings. The molecule has 0 saturated carbocycles. The molecule has 122 valence electrons. The van der Waals surface area contributed by atoms with Crippen molar-refractivity contribution in [3.63, 3.8) is 0 Å². The Morgan fingerprint density at radius 3 is 2.74 bits per heavy atom. The molecule has 0 bridgehead atoms. The molecule has 3 rings (SSSR count). The number of carbonyl (C=O) groups excluding carboxylic acids is 1. The molecule has 2 heterocycles. The zero-order chi connectivity index (χ0) is 16.3. The van der Waals surface area contributed by atoms with Crippen molar-refractivity contribution in [2.75, 3.05) is 19.7 Å². The SMILES string of the molecule is CCC1(CO)CCN(C(=O)c2cccc(-n3cncn3)c2)CC1. The number of aliphatic hydroxyl groups is 1. The highest BCUT2D eigenvalue weighted by molar-refractivity contribution is 5.94. The van der Waals surface area contributed by atoms with E-state index in [4.69, 9.17) is 0 Å². The fourth-order valence-electron chi connectivity index (χ4n) is 3.11. The largest absolute Gasteiger partial charge is 0.396 e. The van der Waals surface area contributed by atoms with Crippen LogP contribution in [0.5, 0.6) is 0 Å². The number of rotatable bonds is 4. The van der Waals surface area contributed by atoms with Gasteiger partial charge in [-0.25, -0.2) is 9.67 Å². The summed E-state index contributed by atoms with van der Waals surface area (Å²) in [7, 11) is 0. The van der Waals surface area contributed by atoms with E-state index in [1.807, 2.05) is 29.2 Å². The molecule has 1 aromatic heterocycles. The fourth-order valence-corrected chi connectivity index (χ4v) is 3.11. The molecule has 1 N–H and O–H groups in total. The fraction of sp³-hybridized carbons (Fsp3) is 0.471. The number of nitrogens with zero attached hydrogens (tertiary/aromatic N) is 4. The smallest absolute Gasteiger partial charge is 0.253 e. The van der Waals surface area contributed by atoms with E-state index in [1.165, 1.54) is 6.33 Å². The number of piperidine rings is 1. The lowest BCUT2D eigenvalue weighted by Gasteiger charge is -2.40. The molecule has 0 atom stereocenters. The van der Waals surface area contributed by atoms with E-state index in [2.05, 4.69) is 17.0 Å². The Kier molecular flexibility index (Phi) is 4.43. The van der Waals surface area contributed by atoms with Crippen molar-refractivity contribution in [2.45, 2.75) is 26.2 Å². The summed E-state index contributed by atoms with van der Waals surface area (Å²) in [5, 5.41) is 13.7. The molecule has 1 aromatic carbocycles. The molecule has 1 amide bonds. The van der Waals surface area contributed by atoms with Gasteiger partial charge < -0.3 is 10.0 Å². The van der Waals surface area contributed by atoms with Gasteiger partial charge >= 0.3 is 0 Å². The third kappa shape index (κ3) is 3.12. The summed E-state index contributed by atoms with van der Waals surface area (Å²) in [5.41, 5.74) is 1.47. The molecule has 1 aliphatic heterocycles. The maximum absolute atomic E-state index is 12.7. The quantitative estimate of drug-likeness (QED) is 0.935. The van der Waals surface area contributed by atoms with Crippen LogP contribution >= 0.6 is 0 Å². The Labute approximate surface area is 135 Å². The zero-order valence-corrected chi connectivity index (χ0v) is 13.4. The van der Waals surface area contributed by atoms with Crippen LogP contribution < -0.4 is 0 Å². The average Bonchev–Trinajstić information content (AvgIpc) is 3.16. The van der Waals surface area contributed by atoms with Gasteiger partial charge in [-0.1, -0.05) is 13.0 Å². The molecule has 2 aromatic rings. The second-order valence-corrected chi connectivity index (χ2v) is 6.19. The third-order valence-corrected chi connectivity index (χ3v) is 4.97. The average molecular weight is 314 g/mol. The summed E-state index contributed by atoms with van der Waals surface area (Å²) < 4.78 is 1.64. The standard InChI is InChI=1S/C17H22N4O2/c1-2-17(11-22)6-8-20(9-7-17)16(23)14-4-3-5-15(10-14)21-13-18-12-19-21/h3-5,10,12-13,22H,2,6-9,11H2,1H3. The van der Waals surface area contributed by atoms with Crippen LogP contribution in [0.25, 0.3) is 5.69 Å². The minimum absolute atomic E-state index is 0.0145. The van der Waals surface area contributed by atoms with Gasteiger partial charge in [-0.2, -0.15) is 5.10 Å². The van der Waals surface area contributed by atoms with E-state index in [-0.39, 0.29) is 17.9 Å². The molecule has 23 heavy (non-hydrogen) atoms. The summed E-state index contributed by atoms with van der Waals surface area (Å²) in [6.07, 6.45) is 5.75. The molecule has 1 aliphatic rings. The number of aliphatic hydroxyl groups excluding tert-OH is 1. The van der Waals surface area contributed by atoms with Crippen molar-refractivity contribution < 1.29 is 9.90 Å². The van der Waals surface area contributed by atoms with Gasteiger partial charge in [0.25, 0.3) is 5.91 Å². The first-order valence-electron chi connectivity index (χ1n) is 8.03. The number of hydrogen-bond donors (Lipinski definition) is 1. The van der Waals surface area contributed by atoms with Gasteiger partial charge in [-0.3, -0.25) is 4.79 Å². The Balaban J connectivity index is 1.73. The van der Waals surface area contributed by atoms with Crippen LogP contribution in [0.2, 0.25) is 0 Å². The second-order valence-electron chi connectivity index (χ2n) is 6.19. The van der Waals surface area contributed by atoms with E-state index in [0.29, 0.717) is 18.7 Å². The van der Waals surface area contributed by atoms with Crippen LogP contribution in [0, 0.1) is 5.41 Å². The van der Waals surface area contributed by atoms with Crippen molar-refractivity contribution in [1.29, 1.82) is 0 Å². The van der Waals surface area contributed by atoms with Gasteiger partial charge in [0.15, 0.2) is 0 Å². The first-order chi connectivity index (χ1) is 11.2. The lowest BCUT2D eigenvalue weighted by Crippen LogP contribution is -2.44. The molecular formula is C17H22N4O2. The summed E-state index contributed by atoms with van der Waals surface area (Å²) in [5.74, 6) is 0.0367. The van der Waals surface area contributed by atoms with E-state index >= 15 is 0 Å². The maximum atomic E-state index is 12.7. The predicted octanol–water partition coefficient (Wildman–Crippen LogP) is 1.89. The molecule has 6 nitrogen and oxygen atoms in total. The number of hydrogen-bond acceptors (Lipinski definition) is 4. The first kappa shape index (κ1) is 15.7. The Morgan fingerprint density at radius 1 is 1.35 bits per heavy atom. The molecule has 0 aliphatic carbocycles. The molecular weight excluding hydrogens is 292 g/mol. The summed E-state index contributed by atoms with van der Waals surface area (Å²) in [6.45, 7) is 3.70. The van der Waals surface area contributed by atoms with Crippen molar-refractivity contribution in [1.82, 2.24) is 19.7 Å². The van der Waals surface area contributed by atoms with Gasteiger partial charge in [0.05, 0.1) is 5.69 Å². The van der Waals surface area contributed by atoms with Crippen molar-refractivity contribution in [3.05, 3.63) is 42.5 Å². The van der Waals surface area contributed by atoms with Crippen LogP contribution in [-0.2, 0) is 0 Å². The van der Waals surface area contributed by atoms with E-state index < -0.39 is 0 Å². The number of amides is 1. The maximum Gasteiger partial charge on any atom is 0.253 e. The highest BCUT2D eigenvalue weighted by Gasteiger charge is 2.34. The van der Waals surface area contributed by atoms with E-state index in [1.54, 1.807) is 11.0 Å². The minimum Gasteiger partial charge on any atom is -0.396 e.